The van der Waals surface area contributed by atoms with E-state index in [0.717, 1.165) is 18.8 Å². The van der Waals surface area contributed by atoms with Gasteiger partial charge in [-0.1, -0.05) is 6.07 Å². The van der Waals surface area contributed by atoms with E-state index in [1.165, 1.54) is 43.1 Å². The van der Waals surface area contributed by atoms with Crippen LogP contribution in [0.25, 0.3) is 0 Å². The van der Waals surface area contributed by atoms with Crippen LogP contribution < -0.4 is 15.5 Å². The Bertz CT molecular complexity index is 835. The maximum atomic E-state index is 13.2. The van der Waals surface area contributed by atoms with Crippen LogP contribution in [0.1, 0.15) is 19.3 Å². The fraction of sp³-hybridized carbons (Fsp3) is 0.364. The number of nitrogens with zero attached hydrogens (tertiary/aromatic N) is 2. The average Bonchev–Trinajstić information content (AvgIpc) is 2.69. The summed E-state index contributed by atoms with van der Waals surface area (Å²) < 4.78 is 13.2. The first kappa shape index (κ1) is 20.8. The standard InChI is InChI=1S/C22H27FN4O2/c1-26(16-22(29)25-19-7-5-6-17(23)14-19)15-21(28)24-18-8-10-20(11-9-18)27-12-3-2-4-13-27/h5-11,14H,2-4,12-13,15-16H2,1H3,(H,24,28)(H,25,29). The van der Waals surface area contributed by atoms with Crippen molar-refractivity contribution in [2.45, 2.75) is 19.3 Å². The van der Waals surface area contributed by atoms with E-state index in [4.69, 9.17) is 0 Å². The summed E-state index contributed by atoms with van der Waals surface area (Å²) in [7, 11) is 1.68. The van der Waals surface area contributed by atoms with Gasteiger partial charge in [-0.25, -0.2) is 4.39 Å². The molecule has 0 spiro atoms. The Morgan fingerprint density at radius 2 is 1.55 bits per heavy atom. The van der Waals surface area contributed by atoms with Crippen LogP contribution >= 0.6 is 0 Å². The molecule has 29 heavy (non-hydrogen) atoms. The number of carbonyl (C=O) groups is 2. The minimum absolute atomic E-state index is 0.0256. The minimum atomic E-state index is -0.415. The molecular weight excluding hydrogens is 371 g/mol. The quantitative estimate of drug-likeness (QED) is 0.751. The van der Waals surface area contributed by atoms with Crippen molar-refractivity contribution < 1.29 is 14.0 Å². The minimum Gasteiger partial charge on any atom is -0.372 e. The second kappa shape index (κ2) is 10.0. The molecule has 1 heterocycles. The third kappa shape index (κ3) is 6.57. The molecule has 2 aromatic carbocycles. The zero-order chi connectivity index (χ0) is 20.6. The first-order valence-electron chi connectivity index (χ1n) is 9.88. The summed E-state index contributed by atoms with van der Waals surface area (Å²) in [6.07, 6.45) is 3.73. The second-order valence-corrected chi connectivity index (χ2v) is 7.37. The number of halogens is 1. The van der Waals surface area contributed by atoms with Crippen molar-refractivity contribution in [1.29, 1.82) is 0 Å². The lowest BCUT2D eigenvalue weighted by Crippen LogP contribution is -2.36. The number of hydrogen-bond donors (Lipinski definition) is 2. The van der Waals surface area contributed by atoms with Gasteiger partial charge in [-0.05, 0) is 68.8 Å². The fourth-order valence-corrected chi connectivity index (χ4v) is 3.42. The third-order valence-corrected chi connectivity index (χ3v) is 4.81. The maximum Gasteiger partial charge on any atom is 0.238 e. The van der Waals surface area contributed by atoms with E-state index >= 15 is 0 Å². The first-order valence-corrected chi connectivity index (χ1v) is 9.88. The van der Waals surface area contributed by atoms with Crippen LogP contribution in [0.3, 0.4) is 0 Å². The van der Waals surface area contributed by atoms with Crippen LogP contribution in [0.5, 0.6) is 0 Å². The number of carbonyl (C=O) groups excluding carboxylic acids is 2. The van der Waals surface area contributed by atoms with Gasteiger partial charge in [0, 0.05) is 30.2 Å². The molecule has 2 aromatic rings. The van der Waals surface area contributed by atoms with Crippen molar-refractivity contribution in [2.24, 2.45) is 0 Å². The zero-order valence-electron chi connectivity index (χ0n) is 16.7. The predicted octanol–water partition coefficient (Wildman–Crippen LogP) is 3.33. The van der Waals surface area contributed by atoms with Crippen molar-refractivity contribution >= 4 is 28.9 Å². The van der Waals surface area contributed by atoms with Gasteiger partial charge in [-0.15, -0.1) is 0 Å². The molecule has 2 N–H and O–H groups in total. The van der Waals surface area contributed by atoms with Gasteiger partial charge >= 0.3 is 0 Å². The average molecular weight is 398 g/mol. The summed E-state index contributed by atoms with van der Waals surface area (Å²) >= 11 is 0. The van der Waals surface area contributed by atoms with Crippen LogP contribution in [-0.4, -0.2) is 49.9 Å². The maximum absolute atomic E-state index is 13.2. The van der Waals surface area contributed by atoms with Crippen molar-refractivity contribution in [1.82, 2.24) is 4.90 Å². The van der Waals surface area contributed by atoms with E-state index in [1.807, 2.05) is 24.3 Å². The topological polar surface area (TPSA) is 64.7 Å². The van der Waals surface area contributed by atoms with Gasteiger partial charge in [0.15, 0.2) is 0 Å². The third-order valence-electron chi connectivity index (χ3n) is 4.81. The van der Waals surface area contributed by atoms with Crippen molar-refractivity contribution in [3.63, 3.8) is 0 Å². The highest BCUT2D eigenvalue weighted by molar-refractivity contribution is 5.94. The number of rotatable bonds is 7. The van der Waals surface area contributed by atoms with Crippen molar-refractivity contribution in [3.05, 3.63) is 54.3 Å². The van der Waals surface area contributed by atoms with Crippen LogP contribution in [0, 0.1) is 5.82 Å². The molecule has 0 unspecified atom stereocenters. The van der Waals surface area contributed by atoms with Crippen molar-refractivity contribution in [3.8, 4) is 0 Å². The lowest BCUT2D eigenvalue weighted by atomic mass is 10.1. The molecule has 1 saturated heterocycles. The molecule has 0 atom stereocenters. The van der Waals surface area contributed by atoms with Crippen LogP contribution in [0.15, 0.2) is 48.5 Å². The molecule has 0 bridgehead atoms. The van der Waals surface area contributed by atoms with E-state index < -0.39 is 5.82 Å². The van der Waals surface area contributed by atoms with E-state index in [2.05, 4.69) is 15.5 Å². The lowest BCUT2D eigenvalue weighted by molar-refractivity contribution is -0.119. The Morgan fingerprint density at radius 3 is 2.17 bits per heavy atom. The summed E-state index contributed by atoms with van der Waals surface area (Å²) in [6, 6.07) is 13.6. The molecule has 1 aliphatic heterocycles. The highest BCUT2D eigenvalue weighted by Crippen LogP contribution is 2.21. The molecule has 0 radical (unpaired) electrons. The number of likely N-dealkylation sites (N-methyl/N-ethyl adjacent to an activating group) is 1. The van der Waals surface area contributed by atoms with Crippen LogP contribution in [-0.2, 0) is 9.59 Å². The molecule has 6 nitrogen and oxygen atoms in total. The van der Waals surface area contributed by atoms with Gasteiger partial charge in [0.1, 0.15) is 5.82 Å². The summed E-state index contributed by atoms with van der Waals surface area (Å²) in [6.45, 7) is 2.25. The predicted molar refractivity (Wildman–Crippen MR) is 114 cm³/mol. The number of nitrogens with one attached hydrogen (secondary N) is 2. The smallest absolute Gasteiger partial charge is 0.238 e. The number of hydrogen-bond acceptors (Lipinski definition) is 4. The van der Waals surface area contributed by atoms with Crippen LogP contribution in [0.2, 0.25) is 0 Å². The van der Waals surface area contributed by atoms with Gasteiger partial charge in [0.25, 0.3) is 0 Å². The molecule has 1 aliphatic rings. The van der Waals surface area contributed by atoms with Gasteiger partial charge < -0.3 is 15.5 Å². The monoisotopic (exact) mass is 398 g/mol. The molecule has 1 fully saturated rings. The van der Waals surface area contributed by atoms with E-state index in [-0.39, 0.29) is 24.9 Å². The molecule has 0 aliphatic carbocycles. The molecule has 154 valence electrons. The summed E-state index contributed by atoms with van der Waals surface area (Å²) in [5.74, 6) is -0.921. The Hall–Kier alpha value is -2.93. The number of benzene rings is 2. The molecule has 7 heteroatoms. The Labute approximate surface area is 170 Å². The molecule has 3 rings (SSSR count). The van der Waals surface area contributed by atoms with E-state index in [1.54, 1.807) is 18.0 Å². The van der Waals surface area contributed by atoms with E-state index in [0.29, 0.717) is 5.69 Å². The molecule has 2 amide bonds. The first-order chi connectivity index (χ1) is 14.0. The Balaban J connectivity index is 1.44. The SMILES string of the molecule is CN(CC(=O)Nc1ccc(N2CCCCC2)cc1)CC(=O)Nc1cccc(F)c1. The molecular formula is C22H27FN4O2. The summed E-state index contributed by atoms with van der Waals surface area (Å²) in [4.78, 5) is 28.3. The van der Waals surface area contributed by atoms with Crippen molar-refractivity contribution in [2.75, 3.05) is 48.8 Å². The zero-order valence-corrected chi connectivity index (χ0v) is 16.7. The fourth-order valence-electron chi connectivity index (χ4n) is 3.42. The molecule has 0 aromatic heterocycles. The van der Waals surface area contributed by atoms with E-state index in [9.17, 15) is 14.0 Å². The highest BCUT2D eigenvalue weighted by Gasteiger charge is 2.13. The number of amides is 2. The summed E-state index contributed by atoms with van der Waals surface area (Å²) in [5.41, 5.74) is 2.30. The number of anilines is 3. The largest absolute Gasteiger partial charge is 0.372 e. The van der Waals surface area contributed by atoms with Gasteiger partial charge in [0.2, 0.25) is 11.8 Å². The lowest BCUT2D eigenvalue weighted by Gasteiger charge is -2.28. The van der Waals surface area contributed by atoms with Gasteiger partial charge in [-0.2, -0.15) is 0 Å². The Morgan fingerprint density at radius 1 is 0.931 bits per heavy atom. The molecule has 0 saturated carbocycles. The highest BCUT2D eigenvalue weighted by atomic mass is 19.1. The van der Waals surface area contributed by atoms with Gasteiger partial charge in [-0.3, -0.25) is 14.5 Å². The Kier molecular flexibility index (Phi) is 7.19. The normalized spacial score (nSPS) is 14.0. The number of piperidine rings is 1. The van der Waals surface area contributed by atoms with Crippen LogP contribution in [0.4, 0.5) is 21.5 Å². The second-order valence-electron chi connectivity index (χ2n) is 7.37. The van der Waals surface area contributed by atoms with Gasteiger partial charge in [0.05, 0.1) is 13.1 Å². The summed E-state index contributed by atoms with van der Waals surface area (Å²) in [5, 5.41) is 5.47.